The summed E-state index contributed by atoms with van der Waals surface area (Å²) in [7, 11) is 1.41. The van der Waals surface area contributed by atoms with Crippen molar-refractivity contribution in [2.75, 3.05) is 6.61 Å². The summed E-state index contributed by atoms with van der Waals surface area (Å²) in [6, 6.07) is 6.28. The van der Waals surface area contributed by atoms with Crippen LogP contribution in [0.4, 0.5) is 0 Å². The first-order valence-electron chi connectivity index (χ1n) is 6.15. The van der Waals surface area contributed by atoms with E-state index in [1.807, 2.05) is 6.07 Å². The molecule has 1 aliphatic rings. The van der Waals surface area contributed by atoms with Crippen LogP contribution < -0.4 is 4.74 Å². The number of ether oxygens (including phenoxy) is 1. The van der Waals surface area contributed by atoms with Crippen LogP contribution >= 0.6 is 46.3 Å². The summed E-state index contributed by atoms with van der Waals surface area (Å²) in [4.78, 5) is 0. The molecule has 1 aromatic carbocycles. The summed E-state index contributed by atoms with van der Waals surface area (Å²) < 4.78 is 12.4. The molecule has 0 aromatic heterocycles. The number of fused-ring (bicyclic) bond motifs is 1. The summed E-state index contributed by atoms with van der Waals surface area (Å²) in [6.45, 7) is 0.837. The van der Waals surface area contributed by atoms with Crippen molar-refractivity contribution in [1.82, 2.24) is 0 Å². The van der Waals surface area contributed by atoms with Crippen LogP contribution in [0, 0.1) is 0 Å². The molecule has 1 atom stereocenters. The molecule has 1 aromatic rings. The van der Waals surface area contributed by atoms with Crippen LogP contribution in [0.15, 0.2) is 22.7 Å². The molecule has 0 N–H and O–H groups in total. The SMILES string of the molecule is Brc1ccc2c(c1)CCC(CCCCOSI)O2. The van der Waals surface area contributed by atoms with Gasteiger partial charge in [0.05, 0.1) is 21.9 Å². The molecule has 0 saturated heterocycles. The maximum atomic E-state index is 6.03. The van der Waals surface area contributed by atoms with E-state index in [0.717, 1.165) is 42.5 Å². The van der Waals surface area contributed by atoms with Crippen LogP contribution in [0.2, 0.25) is 0 Å². The first kappa shape index (κ1) is 14.9. The second-order valence-corrected chi connectivity index (χ2v) is 6.77. The monoisotopic (exact) mass is 442 g/mol. The van der Waals surface area contributed by atoms with E-state index in [0.29, 0.717) is 6.10 Å². The smallest absolute Gasteiger partial charge is 0.122 e. The quantitative estimate of drug-likeness (QED) is 0.337. The first-order valence-corrected chi connectivity index (χ1v) is 10.2. The Labute approximate surface area is 133 Å². The number of halogens is 2. The van der Waals surface area contributed by atoms with Crippen molar-refractivity contribution in [3.63, 3.8) is 0 Å². The number of hydrogen-bond donors (Lipinski definition) is 0. The van der Waals surface area contributed by atoms with E-state index in [4.69, 9.17) is 8.92 Å². The number of rotatable bonds is 6. The van der Waals surface area contributed by atoms with Gasteiger partial charge in [-0.2, -0.15) is 0 Å². The lowest BCUT2D eigenvalue weighted by Gasteiger charge is -2.26. The van der Waals surface area contributed by atoms with Gasteiger partial charge in [-0.05, 0) is 55.9 Å². The predicted molar refractivity (Wildman–Crippen MR) is 88.3 cm³/mol. The fourth-order valence-corrected chi connectivity index (χ4v) is 3.31. The highest BCUT2D eigenvalue weighted by atomic mass is 127. The van der Waals surface area contributed by atoms with E-state index in [9.17, 15) is 0 Å². The molecule has 0 saturated carbocycles. The molecule has 1 aliphatic heterocycles. The highest BCUT2D eigenvalue weighted by molar-refractivity contribution is 14.2. The molecule has 0 spiro atoms. The topological polar surface area (TPSA) is 18.5 Å². The Morgan fingerprint density at radius 2 is 2.33 bits per heavy atom. The van der Waals surface area contributed by atoms with Crippen molar-refractivity contribution in [2.24, 2.45) is 0 Å². The van der Waals surface area contributed by atoms with Gasteiger partial charge < -0.3 is 8.92 Å². The van der Waals surface area contributed by atoms with Crippen LogP contribution in [-0.4, -0.2) is 12.7 Å². The molecule has 18 heavy (non-hydrogen) atoms. The van der Waals surface area contributed by atoms with Crippen molar-refractivity contribution >= 4 is 46.3 Å². The van der Waals surface area contributed by atoms with Gasteiger partial charge in [0.25, 0.3) is 0 Å². The van der Waals surface area contributed by atoms with Gasteiger partial charge in [0.2, 0.25) is 0 Å². The standard InChI is InChI=1S/C13H16BrIO2S/c14-11-5-7-13-10(9-11)4-6-12(17-13)3-1-2-8-16-18-15/h5,7,9,12H,1-4,6,8H2. The maximum Gasteiger partial charge on any atom is 0.122 e. The van der Waals surface area contributed by atoms with Gasteiger partial charge >= 0.3 is 0 Å². The third-order valence-electron chi connectivity index (χ3n) is 3.10. The molecule has 0 radical (unpaired) electrons. The number of aryl methyl sites for hydroxylation is 1. The van der Waals surface area contributed by atoms with Gasteiger partial charge in [0.15, 0.2) is 0 Å². The fraction of sp³-hybridized carbons (Fsp3) is 0.538. The average Bonchev–Trinajstić information content (AvgIpc) is 2.38. The van der Waals surface area contributed by atoms with Crippen molar-refractivity contribution in [1.29, 1.82) is 0 Å². The van der Waals surface area contributed by atoms with Crippen molar-refractivity contribution < 1.29 is 8.92 Å². The third kappa shape index (κ3) is 4.58. The highest BCUT2D eigenvalue weighted by Gasteiger charge is 2.19. The fourth-order valence-electron chi connectivity index (χ4n) is 2.18. The lowest BCUT2D eigenvalue weighted by molar-refractivity contribution is 0.158. The third-order valence-corrected chi connectivity index (χ3v) is 4.61. The van der Waals surface area contributed by atoms with Crippen LogP contribution in [0.1, 0.15) is 31.2 Å². The lowest BCUT2D eigenvalue weighted by atomic mass is 9.99. The van der Waals surface area contributed by atoms with Crippen LogP contribution in [0.3, 0.4) is 0 Å². The predicted octanol–water partition coefficient (Wildman–Crippen LogP) is 5.33. The van der Waals surface area contributed by atoms with Gasteiger partial charge in [0.1, 0.15) is 5.75 Å². The van der Waals surface area contributed by atoms with Gasteiger partial charge in [-0.3, -0.25) is 0 Å². The number of benzene rings is 1. The summed E-state index contributed by atoms with van der Waals surface area (Å²) in [5, 5.41) is 0. The van der Waals surface area contributed by atoms with Crippen LogP contribution in [0.5, 0.6) is 5.75 Å². The van der Waals surface area contributed by atoms with Gasteiger partial charge in [-0.15, -0.1) is 0 Å². The zero-order valence-corrected chi connectivity index (χ0v) is 14.6. The maximum absolute atomic E-state index is 6.03. The molecule has 1 heterocycles. The Bertz CT molecular complexity index is 389. The van der Waals surface area contributed by atoms with Crippen molar-refractivity contribution in [3.05, 3.63) is 28.2 Å². The summed E-state index contributed by atoms with van der Waals surface area (Å²) >= 11 is 5.65. The molecule has 100 valence electrons. The highest BCUT2D eigenvalue weighted by Crippen LogP contribution is 2.31. The van der Waals surface area contributed by atoms with Crippen molar-refractivity contribution in [3.8, 4) is 5.75 Å². The van der Waals surface area contributed by atoms with Gasteiger partial charge in [-0.25, -0.2) is 0 Å². The second-order valence-electron chi connectivity index (χ2n) is 4.41. The van der Waals surface area contributed by atoms with E-state index in [-0.39, 0.29) is 0 Å². The summed E-state index contributed by atoms with van der Waals surface area (Å²) in [5.41, 5.74) is 1.32. The molecule has 0 amide bonds. The zero-order chi connectivity index (χ0) is 12.8. The molecule has 0 fully saturated rings. The minimum atomic E-state index is 0.380. The summed E-state index contributed by atoms with van der Waals surface area (Å²) in [6.07, 6.45) is 6.05. The molecule has 2 nitrogen and oxygen atoms in total. The second kappa shape index (κ2) is 7.97. The van der Waals surface area contributed by atoms with Gasteiger partial charge in [0, 0.05) is 25.7 Å². The summed E-state index contributed by atoms with van der Waals surface area (Å²) in [5.74, 6) is 1.06. The van der Waals surface area contributed by atoms with E-state index >= 15 is 0 Å². The molecule has 2 rings (SSSR count). The van der Waals surface area contributed by atoms with E-state index in [1.54, 1.807) is 0 Å². The first-order chi connectivity index (χ1) is 8.79. The molecule has 0 bridgehead atoms. The number of hydrogen-bond acceptors (Lipinski definition) is 3. The normalized spacial score (nSPS) is 18.2. The van der Waals surface area contributed by atoms with Crippen LogP contribution in [0.25, 0.3) is 0 Å². The van der Waals surface area contributed by atoms with Crippen molar-refractivity contribution in [2.45, 2.75) is 38.2 Å². The molecular formula is C13H16BrIO2S. The number of unbranched alkanes of at least 4 members (excludes halogenated alkanes) is 1. The van der Waals surface area contributed by atoms with Crippen LogP contribution in [-0.2, 0) is 10.6 Å². The van der Waals surface area contributed by atoms with E-state index in [1.165, 1.54) is 21.2 Å². The van der Waals surface area contributed by atoms with Gasteiger partial charge in [-0.1, -0.05) is 15.9 Å². The Kier molecular flexibility index (Phi) is 6.61. The Morgan fingerprint density at radius 1 is 1.44 bits per heavy atom. The Morgan fingerprint density at radius 3 is 3.17 bits per heavy atom. The zero-order valence-electron chi connectivity index (χ0n) is 10.0. The molecule has 5 heteroatoms. The molecule has 0 aliphatic carbocycles. The van der Waals surface area contributed by atoms with E-state index < -0.39 is 0 Å². The molecule has 1 unspecified atom stereocenters. The average molecular weight is 443 g/mol. The Hall–Kier alpha value is 0.540. The Balaban J connectivity index is 1.76. The lowest BCUT2D eigenvalue weighted by Crippen LogP contribution is -2.22. The largest absolute Gasteiger partial charge is 0.490 e. The van der Waals surface area contributed by atoms with E-state index in [2.05, 4.69) is 49.3 Å². The molecular weight excluding hydrogens is 427 g/mol. The minimum Gasteiger partial charge on any atom is -0.490 e. The minimum absolute atomic E-state index is 0.380.